The maximum atomic E-state index is 12.6. The Hall–Kier alpha value is -2.35. The van der Waals surface area contributed by atoms with E-state index in [1.54, 1.807) is 24.4 Å². The van der Waals surface area contributed by atoms with E-state index in [2.05, 4.69) is 4.98 Å². The Balaban J connectivity index is 2.09. The summed E-state index contributed by atoms with van der Waals surface area (Å²) < 4.78 is 44.7. The number of alkyl halides is 3. The molecule has 1 amide bonds. The van der Waals surface area contributed by atoms with Gasteiger partial charge in [0.25, 0.3) is 0 Å². The molecule has 0 atom stereocenters. The molecule has 0 bridgehead atoms. The number of methoxy groups -OCH3 is 1. The lowest BCUT2D eigenvalue weighted by Crippen LogP contribution is -2.32. The SMILES string of the molecule is COCCN(Cc1nccn1Cc1ccc(C(F)(F)F)cc1)C(C)=O. The minimum atomic E-state index is -4.35. The number of imidazole rings is 1. The standard InChI is InChI=1S/C17H20F3N3O2/c1-13(24)22(9-10-25-2)12-16-21-7-8-23(16)11-14-3-5-15(6-4-14)17(18,19)20/h3-8H,9-12H2,1-2H3. The van der Waals surface area contributed by atoms with E-state index in [1.807, 2.05) is 4.57 Å². The van der Waals surface area contributed by atoms with Crippen LogP contribution in [0.2, 0.25) is 0 Å². The van der Waals surface area contributed by atoms with E-state index in [-0.39, 0.29) is 5.91 Å². The quantitative estimate of drug-likeness (QED) is 0.767. The Bertz CT molecular complexity index is 696. The van der Waals surface area contributed by atoms with Crippen LogP contribution in [0.3, 0.4) is 0 Å². The van der Waals surface area contributed by atoms with Gasteiger partial charge in [0.2, 0.25) is 5.91 Å². The first-order valence-electron chi connectivity index (χ1n) is 7.72. The Morgan fingerprint density at radius 3 is 2.52 bits per heavy atom. The van der Waals surface area contributed by atoms with Gasteiger partial charge in [0.15, 0.2) is 0 Å². The zero-order valence-corrected chi connectivity index (χ0v) is 14.1. The molecule has 2 aromatic rings. The van der Waals surface area contributed by atoms with Gasteiger partial charge in [0.1, 0.15) is 5.82 Å². The van der Waals surface area contributed by atoms with E-state index >= 15 is 0 Å². The van der Waals surface area contributed by atoms with Gasteiger partial charge < -0.3 is 14.2 Å². The van der Waals surface area contributed by atoms with Gasteiger partial charge in [0.05, 0.1) is 18.7 Å². The van der Waals surface area contributed by atoms with Crippen molar-refractivity contribution in [1.29, 1.82) is 0 Å². The number of amides is 1. The van der Waals surface area contributed by atoms with Crippen molar-refractivity contribution in [3.8, 4) is 0 Å². The molecule has 0 aliphatic heterocycles. The van der Waals surface area contributed by atoms with Crippen LogP contribution in [-0.4, -0.2) is 40.6 Å². The number of carbonyl (C=O) groups excluding carboxylic acids is 1. The van der Waals surface area contributed by atoms with Crippen molar-refractivity contribution in [2.45, 2.75) is 26.2 Å². The van der Waals surface area contributed by atoms with Crippen molar-refractivity contribution in [1.82, 2.24) is 14.5 Å². The van der Waals surface area contributed by atoms with Gasteiger partial charge in [0, 0.05) is 39.5 Å². The van der Waals surface area contributed by atoms with Crippen molar-refractivity contribution in [3.63, 3.8) is 0 Å². The summed E-state index contributed by atoms with van der Waals surface area (Å²) in [5.74, 6) is 0.562. The first kappa shape index (κ1) is 19.0. The number of nitrogens with zero attached hydrogens (tertiary/aromatic N) is 3. The van der Waals surface area contributed by atoms with E-state index in [0.717, 1.165) is 17.7 Å². The molecule has 0 saturated heterocycles. The number of hydrogen-bond donors (Lipinski definition) is 0. The second kappa shape index (κ2) is 8.15. The molecule has 0 radical (unpaired) electrons. The van der Waals surface area contributed by atoms with E-state index in [1.165, 1.54) is 19.1 Å². The molecule has 0 fully saturated rings. The second-order valence-electron chi connectivity index (χ2n) is 5.60. The van der Waals surface area contributed by atoms with E-state index in [0.29, 0.717) is 32.1 Å². The van der Waals surface area contributed by atoms with Gasteiger partial charge >= 0.3 is 6.18 Å². The van der Waals surface area contributed by atoms with Crippen LogP contribution in [0.25, 0.3) is 0 Å². The molecule has 0 N–H and O–H groups in total. The highest BCUT2D eigenvalue weighted by atomic mass is 19.4. The van der Waals surface area contributed by atoms with Crippen molar-refractivity contribution in [2.75, 3.05) is 20.3 Å². The van der Waals surface area contributed by atoms with Crippen molar-refractivity contribution in [3.05, 3.63) is 53.6 Å². The minimum Gasteiger partial charge on any atom is -0.383 e. The summed E-state index contributed by atoms with van der Waals surface area (Å²) in [6, 6.07) is 5.01. The summed E-state index contributed by atoms with van der Waals surface area (Å²) in [6.07, 6.45) is -1.00. The van der Waals surface area contributed by atoms with Gasteiger partial charge in [-0.15, -0.1) is 0 Å². The van der Waals surface area contributed by atoms with Gasteiger partial charge in [-0.05, 0) is 17.7 Å². The lowest BCUT2D eigenvalue weighted by molar-refractivity contribution is -0.137. The lowest BCUT2D eigenvalue weighted by Gasteiger charge is -2.21. The molecular formula is C17H20F3N3O2. The molecule has 1 aromatic carbocycles. The highest BCUT2D eigenvalue weighted by Crippen LogP contribution is 2.29. The van der Waals surface area contributed by atoms with Crippen LogP contribution in [0.15, 0.2) is 36.7 Å². The molecule has 0 spiro atoms. The maximum Gasteiger partial charge on any atom is 0.416 e. The van der Waals surface area contributed by atoms with E-state index in [4.69, 9.17) is 4.74 Å². The average molecular weight is 355 g/mol. The van der Waals surface area contributed by atoms with Crippen LogP contribution in [0.1, 0.15) is 23.9 Å². The molecule has 0 aliphatic rings. The van der Waals surface area contributed by atoms with Gasteiger partial charge in [-0.2, -0.15) is 13.2 Å². The number of rotatable bonds is 7. The molecule has 5 nitrogen and oxygen atoms in total. The van der Waals surface area contributed by atoms with Crippen LogP contribution in [0, 0.1) is 0 Å². The van der Waals surface area contributed by atoms with Crippen LogP contribution in [0.5, 0.6) is 0 Å². The predicted octanol–water partition coefficient (Wildman–Crippen LogP) is 2.95. The molecule has 136 valence electrons. The topological polar surface area (TPSA) is 47.4 Å². The Labute approximate surface area is 144 Å². The number of carbonyl (C=O) groups is 1. The fourth-order valence-corrected chi connectivity index (χ4v) is 2.35. The molecule has 25 heavy (non-hydrogen) atoms. The highest BCUT2D eigenvalue weighted by molar-refractivity contribution is 5.73. The summed E-state index contributed by atoms with van der Waals surface area (Å²) in [6.45, 7) is 3.02. The highest BCUT2D eigenvalue weighted by Gasteiger charge is 2.29. The van der Waals surface area contributed by atoms with E-state index in [9.17, 15) is 18.0 Å². The molecule has 2 rings (SSSR count). The molecule has 1 aromatic heterocycles. The Kier molecular flexibility index (Phi) is 6.19. The number of benzene rings is 1. The Morgan fingerprint density at radius 1 is 1.28 bits per heavy atom. The smallest absolute Gasteiger partial charge is 0.383 e. The van der Waals surface area contributed by atoms with Gasteiger partial charge in [-0.25, -0.2) is 4.98 Å². The maximum absolute atomic E-state index is 12.6. The van der Waals surface area contributed by atoms with Crippen molar-refractivity contribution < 1.29 is 22.7 Å². The third-order valence-electron chi connectivity index (χ3n) is 3.78. The summed E-state index contributed by atoms with van der Waals surface area (Å²) in [5.41, 5.74) is 0.0444. The summed E-state index contributed by atoms with van der Waals surface area (Å²) >= 11 is 0. The zero-order chi connectivity index (χ0) is 18.4. The fourth-order valence-electron chi connectivity index (χ4n) is 2.35. The molecular weight excluding hydrogens is 335 g/mol. The fraction of sp³-hybridized carbons (Fsp3) is 0.412. The van der Waals surface area contributed by atoms with Crippen molar-refractivity contribution >= 4 is 5.91 Å². The summed E-state index contributed by atoms with van der Waals surface area (Å²) in [4.78, 5) is 17.6. The van der Waals surface area contributed by atoms with Crippen LogP contribution in [0.4, 0.5) is 13.2 Å². The monoisotopic (exact) mass is 355 g/mol. The second-order valence-corrected chi connectivity index (χ2v) is 5.60. The van der Waals surface area contributed by atoms with Crippen LogP contribution >= 0.6 is 0 Å². The number of aromatic nitrogens is 2. The van der Waals surface area contributed by atoms with Crippen LogP contribution in [-0.2, 0) is 28.8 Å². The molecule has 0 unspecified atom stereocenters. The number of hydrogen-bond acceptors (Lipinski definition) is 3. The van der Waals surface area contributed by atoms with E-state index < -0.39 is 11.7 Å². The molecule has 8 heteroatoms. The number of ether oxygens (including phenoxy) is 1. The largest absolute Gasteiger partial charge is 0.416 e. The van der Waals surface area contributed by atoms with Crippen molar-refractivity contribution in [2.24, 2.45) is 0 Å². The van der Waals surface area contributed by atoms with Gasteiger partial charge in [-0.1, -0.05) is 12.1 Å². The predicted molar refractivity (Wildman–Crippen MR) is 85.7 cm³/mol. The lowest BCUT2D eigenvalue weighted by atomic mass is 10.1. The van der Waals surface area contributed by atoms with Gasteiger partial charge in [-0.3, -0.25) is 4.79 Å². The number of halogens is 3. The molecule has 0 saturated carbocycles. The first-order chi connectivity index (χ1) is 11.8. The minimum absolute atomic E-state index is 0.0962. The summed E-state index contributed by atoms with van der Waals surface area (Å²) in [5, 5.41) is 0. The normalized spacial score (nSPS) is 11.6. The average Bonchev–Trinajstić information content (AvgIpc) is 2.97. The third kappa shape index (κ3) is 5.32. The molecule has 0 aliphatic carbocycles. The zero-order valence-electron chi connectivity index (χ0n) is 14.1. The molecule has 1 heterocycles. The first-order valence-corrected chi connectivity index (χ1v) is 7.72. The third-order valence-corrected chi connectivity index (χ3v) is 3.78. The van der Waals surface area contributed by atoms with Crippen LogP contribution < -0.4 is 0 Å². The summed E-state index contributed by atoms with van der Waals surface area (Å²) in [7, 11) is 1.56. The Morgan fingerprint density at radius 2 is 1.96 bits per heavy atom.